The average Bonchev–Trinajstić information content (AvgIpc) is 3.60. The van der Waals surface area contributed by atoms with Crippen molar-refractivity contribution in [3.05, 3.63) is 75.0 Å². The van der Waals surface area contributed by atoms with E-state index < -0.39 is 18.1 Å². The van der Waals surface area contributed by atoms with Gasteiger partial charge in [0.2, 0.25) is 5.91 Å². The number of hydrogen-bond donors (Lipinski definition) is 3. The third kappa shape index (κ3) is 4.52. The lowest BCUT2D eigenvalue weighted by molar-refractivity contribution is -0.121. The average molecular weight is 438 g/mol. The number of benzene rings is 1. The van der Waals surface area contributed by atoms with Crippen LogP contribution >= 0.6 is 0 Å². The molecular weight excluding hydrogens is 415 g/mol. The molecular formula is C23H23FN4O4. The first-order valence-corrected chi connectivity index (χ1v) is 10.3. The topological polar surface area (TPSA) is 127 Å². The Kier molecular flexibility index (Phi) is 6.00. The summed E-state index contributed by atoms with van der Waals surface area (Å²) in [4.78, 5) is 41.9. The third-order valence-corrected chi connectivity index (χ3v) is 5.57. The number of nitrogens with two attached hydrogens (primary N) is 1. The second kappa shape index (κ2) is 8.88. The number of halogens is 1. The van der Waals surface area contributed by atoms with E-state index in [0.717, 1.165) is 23.0 Å². The molecule has 1 aliphatic carbocycles. The number of fused-ring (bicyclic) bond motifs is 1. The molecule has 1 aromatic carbocycles. The summed E-state index contributed by atoms with van der Waals surface area (Å²) >= 11 is 0. The van der Waals surface area contributed by atoms with E-state index in [1.807, 2.05) is 0 Å². The fourth-order valence-corrected chi connectivity index (χ4v) is 3.70. The molecule has 0 saturated heterocycles. The number of amides is 2. The highest BCUT2D eigenvalue weighted by Gasteiger charge is 2.24. The Hall–Kier alpha value is -3.59. The van der Waals surface area contributed by atoms with Crippen molar-refractivity contribution in [2.75, 3.05) is 6.54 Å². The van der Waals surface area contributed by atoms with Gasteiger partial charge in [-0.05, 0) is 54.5 Å². The van der Waals surface area contributed by atoms with E-state index in [-0.39, 0.29) is 34.9 Å². The molecule has 0 unspecified atom stereocenters. The number of carbonyl (C=O) groups is 2. The lowest BCUT2D eigenvalue weighted by atomic mass is 10.0. The van der Waals surface area contributed by atoms with Crippen LogP contribution in [0, 0.1) is 11.7 Å². The summed E-state index contributed by atoms with van der Waals surface area (Å²) in [6, 6.07) is 7.69. The summed E-state index contributed by atoms with van der Waals surface area (Å²) in [5.41, 5.74) is 6.38. The molecule has 8 nitrogen and oxygen atoms in total. The van der Waals surface area contributed by atoms with Gasteiger partial charge in [-0.15, -0.1) is 0 Å². The van der Waals surface area contributed by atoms with Crippen molar-refractivity contribution in [1.82, 2.24) is 14.9 Å². The number of aromatic nitrogens is 2. The second-order valence-corrected chi connectivity index (χ2v) is 8.03. The zero-order valence-electron chi connectivity index (χ0n) is 17.3. The van der Waals surface area contributed by atoms with Gasteiger partial charge in [-0.2, -0.15) is 0 Å². The van der Waals surface area contributed by atoms with Crippen molar-refractivity contribution >= 4 is 22.8 Å². The number of aliphatic hydroxyl groups is 1. The Morgan fingerprint density at radius 1 is 1.22 bits per heavy atom. The summed E-state index contributed by atoms with van der Waals surface area (Å²) < 4.78 is 14.4. The van der Waals surface area contributed by atoms with Crippen molar-refractivity contribution in [2.45, 2.75) is 32.4 Å². The van der Waals surface area contributed by atoms with Gasteiger partial charge in [-0.1, -0.05) is 12.1 Å². The van der Waals surface area contributed by atoms with Crippen LogP contribution < -0.4 is 16.6 Å². The number of pyridine rings is 2. The van der Waals surface area contributed by atoms with Gasteiger partial charge in [0.1, 0.15) is 17.9 Å². The number of carbonyl (C=O) groups excluding carboxylic acids is 2. The molecule has 3 aromatic rings. The summed E-state index contributed by atoms with van der Waals surface area (Å²) in [5, 5.41) is 12.6. The van der Waals surface area contributed by atoms with Gasteiger partial charge < -0.3 is 16.2 Å². The van der Waals surface area contributed by atoms with Gasteiger partial charge in [-0.25, -0.2) is 4.39 Å². The molecule has 1 fully saturated rings. The monoisotopic (exact) mass is 438 g/mol. The van der Waals surface area contributed by atoms with Crippen molar-refractivity contribution in [3.63, 3.8) is 0 Å². The SMILES string of the molecule is NC(=O)c1c(CO)c2ncc(Cc3ccc(F)cc3)cc2n(CC(=O)NCC2CC2)c1=O. The van der Waals surface area contributed by atoms with E-state index in [1.165, 1.54) is 12.1 Å². The Bertz CT molecular complexity index is 1250. The molecule has 0 spiro atoms. The lowest BCUT2D eigenvalue weighted by Gasteiger charge is -2.16. The molecule has 0 atom stereocenters. The number of rotatable bonds is 8. The van der Waals surface area contributed by atoms with Crippen LogP contribution in [-0.2, 0) is 24.4 Å². The van der Waals surface area contributed by atoms with Gasteiger partial charge in [-0.3, -0.25) is 23.9 Å². The normalized spacial score (nSPS) is 13.3. The van der Waals surface area contributed by atoms with Crippen LogP contribution in [0.2, 0.25) is 0 Å². The van der Waals surface area contributed by atoms with Crippen molar-refractivity contribution < 1.29 is 19.1 Å². The van der Waals surface area contributed by atoms with Crippen molar-refractivity contribution in [3.8, 4) is 0 Å². The highest BCUT2D eigenvalue weighted by Crippen LogP contribution is 2.27. The van der Waals surface area contributed by atoms with E-state index in [2.05, 4.69) is 10.3 Å². The molecule has 9 heteroatoms. The number of aliphatic hydroxyl groups excluding tert-OH is 1. The molecule has 32 heavy (non-hydrogen) atoms. The number of nitrogens with one attached hydrogen (secondary N) is 1. The van der Waals surface area contributed by atoms with Crippen LogP contribution in [0.3, 0.4) is 0 Å². The van der Waals surface area contributed by atoms with Gasteiger partial charge in [0.05, 0.1) is 17.6 Å². The molecule has 1 aliphatic rings. The van der Waals surface area contributed by atoms with Crippen molar-refractivity contribution in [1.29, 1.82) is 0 Å². The minimum absolute atomic E-state index is 0.0282. The van der Waals surface area contributed by atoms with E-state index in [1.54, 1.807) is 24.4 Å². The molecule has 166 valence electrons. The van der Waals surface area contributed by atoms with Gasteiger partial charge in [0.15, 0.2) is 0 Å². The molecule has 2 amide bonds. The third-order valence-electron chi connectivity index (χ3n) is 5.57. The first-order chi connectivity index (χ1) is 15.4. The zero-order valence-corrected chi connectivity index (χ0v) is 17.3. The van der Waals surface area contributed by atoms with Crippen LogP contribution in [0.1, 0.15) is 39.9 Å². The largest absolute Gasteiger partial charge is 0.392 e. The predicted molar refractivity (Wildman–Crippen MR) is 115 cm³/mol. The maximum Gasteiger partial charge on any atom is 0.264 e. The van der Waals surface area contributed by atoms with E-state index in [4.69, 9.17) is 5.73 Å². The predicted octanol–water partition coefficient (Wildman–Crippen LogP) is 1.24. The van der Waals surface area contributed by atoms with Crippen molar-refractivity contribution in [2.24, 2.45) is 11.7 Å². The number of primary amides is 1. The Balaban J connectivity index is 1.79. The summed E-state index contributed by atoms with van der Waals surface area (Å²) in [6.45, 7) is -0.379. The molecule has 4 rings (SSSR count). The van der Waals surface area contributed by atoms with Crippen LogP contribution in [-0.4, -0.2) is 33.0 Å². The standard InChI is InChI=1S/C23H23FN4O4/c24-16-5-3-13(4-6-16)7-15-8-18-21(27-10-15)17(12-29)20(22(25)31)23(32)28(18)11-19(30)26-9-14-1-2-14/h3-6,8,10,14,29H,1-2,7,9,11-12H2,(H2,25,31)(H,26,30). The van der Waals surface area contributed by atoms with Crippen LogP contribution in [0.4, 0.5) is 4.39 Å². The molecule has 2 aromatic heterocycles. The highest BCUT2D eigenvalue weighted by molar-refractivity contribution is 5.98. The Morgan fingerprint density at radius 2 is 1.94 bits per heavy atom. The summed E-state index contributed by atoms with van der Waals surface area (Å²) in [7, 11) is 0. The smallest absolute Gasteiger partial charge is 0.264 e. The minimum Gasteiger partial charge on any atom is -0.392 e. The minimum atomic E-state index is -0.995. The fourth-order valence-electron chi connectivity index (χ4n) is 3.70. The van der Waals surface area contributed by atoms with Crippen LogP contribution in [0.5, 0.6) is 0 Å². The molecule has 2 heterocycles. The maximum absolute atomic E-state index is 13.2. The first kappa shape index (κ1) is 21.6. The van der Waals surface area contributed by atoms with E-state index in [9.17, 15) is 23.9 Å². The molecule has 0 aliphatic heterocycles. The molecule has 0 radical (unpaired) electrons. The van der Waals surface area contributed by atoms with Gasteiger partial charge in [0, 0.05) is 18.3 Å². The number of hydrogen-bond acceptors (Lipinski definition) is 5. The molecule has 4 N–H and O–H groups in total. The second-order valence-electron chi connectivity index (χ2n) is 8.03. The summed E-state index contributed by atoms with van der Waals surface area (Å²) in [5.74, 6) is -1.24. The maximum atomic E-state index is 13.2. The summed E-state index contributed by atoms with van der Waals surface area (Å²) in [6.07, 6.45) is 4.10. The lowest BCUT2D eigenvalue weighted by Crippen LogP contribution is -2.37. The number of nitrogens with zero attached hydrogens (tertiary/aromatic N) is 2. The Morgan fingerprint density at radius 3 is 2.56 bits per heavy atom. The zero-order chi connectivity index (χ0) is 22.8. The van der Waals surface area contributed by atoms with E-state index in [0.29, 0.717) is 30.0 Å². The highest BCUT2D eigenvalue weighted by atomic mass is 19.1. The van der Waals surface area contributed by atoms with E-state index >= 15 is 0 Å². The van der Waals surface area contributed by atoms with Gasteiger partial charge in [0.25, 0.3) is 11.5 Å². The quantitative estimate of drug-likeness (QED) is 0.488. The molecule has 1 saturated carbocycles. The molecule has 0 bridgehead atoms. The first-order valence-electron chi connectivity index (χ1n) is 10.3. The fraction of sp³-hybridized carbons (Fsp3) is 0.304. The van der Waals surface area contributed by atoms with Crippen LogP contribution in [0.25, 0.3) is 11.0 Å². The van der Waals surface area contributed by atoms with Crippen LogP contribution in [0.15, 0.2) is 41.3 Å². The van der Waals surface area contributed by atoms with Gasteiger partial charge >= 0.3 is 0 Å². The Labute approximate surface area is 182 Å².